The monoisotopic (exact) mass is 346 g/mol. The van der Waals surface area contributed by atoms with Gasteiger partial charge in [-0.05, 0) is 30.3 Å². The van der Waals surface area contributed by atoms with E-state index in [2.05, 4.69) is 10.5 Å². The fourth-order valence-corrected chi connectivity index (χ4v) is 2.37. The van der Waals surface area contributed by atoms with Crippen molar-refractivity contribution in [2.45, 2.75) is 6.10 Å². The normalized spacial score (nSPS) is 16.0. The number of hydrogen-bond donors (Lipinski definition) is 1. The van der Waals surface area contributed by atoms with Gasteiger partial charge in [-0.25, -0.2) is 5.43 Å². The third kappa shape index (κ3) is 3.60. The van der Waals surface area contributed by atoms with E-state index in [4.69, 9.17) is 25.8 Å². The van der Waals surface area contributed by atoms with E-state index >= 15 is 0 Å². The summed E-state index contributed by atoms with van der Waals surface area (Å²) in [6.45, 7) is 0.124. The first-order valence-electron chi connectivity index (χ1n) is 7.22. The fourth-order valence-electron chi connectivity index (χ4n) is 2.19. The van der Waals surface area contributed by atoms with Crippen molar-refractivity contribution in [3.63, 3.8) is 0 Å². The Bertz CT molecular complexity index is 779. The quantitative estimate of drug-likeness (QED) is 0.682. The number of para-hydroxylation sites is 2. The van der Waals surface area contributed by atoms with Crippen molar-refractivity contribution in [3.05, 3.63) is 53.1 Å². The van der Waals surface area contributed by atoms with Gasteiger partial charge in [0.05, 0.1) is 13.3 Å². The summed E-state index contributed by atoms with van der Waals surface area (Å²) in [7, 11) is 1.55. The Kier molecular flexibility index (Phi) is 4.86. The zero-order valence-electron chi connectivity index (χ0n) is 12.9. The van der Waals surface area contributed by atoms with Gasteiger partial charge in [0.2, 0.25) is 6.10 Å². The first kappa shape index (κ1) is 16.1. The van der Waals surface area contributed by atoms with Crippen molar-refractivity contribution in [1.82, 2.24) is 5.43 Å². The summed E-state index contributed by atoms with van der Waals surface area (Å²) in [5.74, 6) is 1.35. The Labute approximate surface area is 144 Å². The number of carbonyl (C=O) groups is 1. The van der Waals surface area contributed by atoms with Gasteiger partial charge in [0.25, 0.3) is 5.91 Å². The van der Waals surface area contributed by atoms with Gasteiger partial charge in [0, 0.05) is 10.6 Å². The molecule has 0 aromatic heterocycles. The van der Waals surface area contributed by atoms with Crippen LogP contribution in [0.3, 0.4) is 0 Å². The Balaban J connectivity index is 1.63. The molecule has 0 radical (unpaired) electrons. The van der Waals surface area contributed by atoms with Crippen LogP contribution in [-0.4, -0.2) is 31.9 Å². The molecule has 2 aromatic rings. The number of methoxy groups -OCH3 is 1. The lowest BCUT2D eigenvalue weighted by Gasteiger charge is -2.24. The maximum absolute atomic E-state index is 12.1. The summed E-state index contributed by atoms with van der Waals surface area (Å²) >= 11 is 5.94. The van der Waals surface area contributed by atoms with Gasteiger partial charge in [-0.1, -0.05) is 23.7 Å². The van der Waals surface area contributed by atoms with Crippen LogP contribution in [-0.2, 0) is 4.79 Å². The van der Waals surface area contributed by atoms with E-state index in [9.17, 15) is 4.79 Å². The van der Waals surface area contributed by atoms with Crippen LogP contribution < -0.4 is 19.6 Å². The second kappa shape index (κ2) is 7.23. The zero-order chi connectivity index (χ0) is 16.9. The number of hydrogen-bond acceptors (Lipinski definition) is 5. The number of ether oxygens (including phenoxy) is 3. The molecule has 7 heteroatoms. The predicted octanol–water partition coefficient (Wildman–Crippen LogP) is 2.64. The summed E-state index contributed by atoms with van der Waals surface area (Å²) in [6.07, 6.45) is 0.693. The second-order valence-corrected chi connectivity index (χ2v) is 5.42. The number of nitrogens with zero attached hydrogens (tertiary/aromatic N) is 1. The minimum atomic E-state index is -0.765. The molecular formula is C17H15ClN2O4. The summed E-state index contributed by atoms with van der Waals surface area (Å²) in [4.78, 5) is 12.1. The largest absolute Gasteiger partial charge is 0.496 e. The van der Waals surface area contributed by atoms with E-state index in [1.165, 1.54) is 6.21 Å². The summed E-state index contributed by atoms with van der Waals surface area (Å²) in [6, 6.07) is 12.3. The van der Waals surface area contributed by atoms with Crippen molar-refractivity contribution in [1.29, 1.82) is 0 Å². The smallest absolute Gasteiger partial charge is 0.284 e. The van der Waals surface area contributed by atoms with E-state index in [0.29, 0.717) is 27.8 Å². The molecule has 0 aliphatic carbocycles. The van der Waals surface area contributed by atoms with Crippen LogP contribution in [0.25, 0.3) is 0 Å². The molecule has 1 N–H and O–H groups in total. The van der Waals surface area contributed by atoms with Gasteiger partial charge in [-0.3, -0.25) is 4.79 Å². The Morgan fingerprint density at radius 3 is 2.92 bits per heavy atom. The van der Waals surface area contributed by atoms with Crippen LogP contribution in [0.2, 0.25) is 5.02 Å². The summed E-state index contributed by atoms with van der Waals surface area (Å²) in [5.41, 5.74) is 3.08. The number of nitrogens with one attached hydrogen (secondary N) is 1. The van der Waals surface area contributed by atoms with Gasteiger partial charge in [-0.2, -0.15) is 5.10 Å². The molecule has 24 heavy (non-hydrogen) atoms. The average molecular weight is 347 g/mol. The minimum absolute atomic E-state index is 0.124. The maximum atomic E-state index is 12.1. The molecule has 1 aliphatic rings. The number of benzene rings is 2. The van der Waals surface area contributed by atoms with Crippen molar-refractivity contribution >= 4 is 23.7 Å². The number of fused-ring (bicyclic) bond motifs is 1. The van der Waals surface area contributed by atoms with Gasteiger partial charge in [0.1, 0.15) is 12.4 Å². The predicted molar refractivity (Wildman–Crippen MR) is 90.1 cm³/mol. The highest BCUT2D eigenvalue weighted by Crippen LogP contribution is 2.30. The number of hydrazone groups is 1. The van der Waals surface area contributed by atoms with Crippen LogP contribution in [0, 0.1) is 0 Å². The molecule has 2 aromatic carbocycles. The molecule has 0 saturated heterocycles. The van der Waals surface area contributed by atoms with Gasteiger partial charge in [0.15, 0.2) is 11.5 Å². The van der Waals surface area contributed by atoms with E-state index in [1.54, 1.807) is 37.4 Å². The molecule has 1 atom stereocenters. The first-order chi connectivity index (χ1) is 11.7. The summed E-state index contributed by atoms with van der Waals surface area (Å²) in [5, 5.41) is 4.47. The highest BCUT2D eigenvalue weighted by Gasteiger charge is 2.26. The van der Waals surface area contributed by atoms with Crippen molar-refractivity contribution < 1.29 is 19.0 Å². The second-order valence-electron chi connectivity index (χ2n) is 4.98. The lowest BCUT2D eigenvalue weighted by atomic mass is 10.2. The number of rotatable bonds is 4. The van der Waals surface area contributed by atoms with Gasteiger partial charge in [-0.15, -0.1) is 0 Å². The van der Waals surface area contributed by atoms with E-state index < -0.39 is 12.0 Å². The molecule has 3 rings (SSSR count). The molecule has 1 amide bonds. The lowest BCUT2D eigenvalue weighted by Crippen LogP contribution is -2.42. The fraction of sp³-hybridized carbons (Fsp3) is 0.176. The van der Waals surface area contributed by atoms with E-state index in [-0.39, 0.29) is 6.61 Å². The molecule has 0 fully saturated rings. The topological polar surface area (TPSA) is 69.2 Å². The van der Waals surface area contributed by atoms with E-state index in [1.807, 2.05) is 12.1 Å². The minimum Gasteiger partial charge on any atom is -0.496 e. The molecular weight excluding hydrogens is 332 g/mol. The van der Waals surface area contributed by atoms with Gasteiger partial charge >= 0.3 is 0 Å². The third-order valence-electron chi connectivity index (χ3n) is 3.37. The molecule has 1 unspecified atom stereocenters. The van der Waals surface area contributed by atoms with Crippen LogP contribution >= 0.6 is 11.6 Å². The molecule has 1 aliphatic heterocycles. The van der Waals surface area contributed by atoms with Crippen LogP contribution in [0.5, 0.6) is 17.2 Å². The third-order valence-corrected chi connectivity index (χ3v) is 3.61. The Hall–Kier alpha value is -2.73. The summed E-state index contributed by atoms with van der Waals surface area (Å²) < 4.78 is 16.3. The van der Waals surface area contributed by atoms with Crippen LogP contribution in [0.1, 0.15) is 5.56 Å². The van der Waals surface area contributed by atoms with E-state index in [0.717, 1.165) is 0 Å². The van der Waals surface area contributed by atoms with Crippen molar-refractivity contribution in [3.8, 4) is 17.2 Å². The Morgan fingerprint density at radius 1 is 1.33 bits per heavy atom. The molecule has 0 saturated carbocycles. The molecule has 0 spiro atoms. The highest BCUT2D eigenvalue weighted by atomic mass is 35.5. The number of amides is 1. The average Bonchev–Trinajstić information content (AvgIpc) is 2.61. The zero-order valence-corrected chi connectivity index (χ0v) is 13.6. The van der Waals surface area contributed by atoms with Crippen LogP contribution in [0.15, 0.2) is 47.6 Å². The molecule has 0 bridgehead atoms. The maximum Gasteiger partial charge on any atom is 0.284 e. The highest BCUT2D eigenvalue weighted by molar-refractivity contribution is 6.30. The Morgan fingerprint density at radius 2 is 2.12 bits per heavy atom. The van der Waals surface area contributed by atoms with Crippen LogP contribution in [0.4, 0.5) is 0 Å². The molecule has 124 valence electrons. The lowest BCUT2D eigenvalue weighted by molar-refractivity contribution is -0.130. The molecule has 6 nitrogen and oxygen atoms in total. The molecule has 1 heterocycles. The van der Waals surface area contributed by atoms with Crippen molar-refractivity contribution in [2.75, 3.05) is 13.7 Å². The standard InChI is InChI=1S/C17H15ClN2O4/c1-22-13-7-6-12(18)8-11(13)9-19-20-17(21)16-10-23-14-4-2-3-5-15(14)24-16/h2-9,16H,10H2,1H3,(H,20,21)/b19-9+. The first-order valence-corrected chi connectivity index (χ1v) is 7.60. The van der Waals surface area contributed by atoms with Crippen molar-refractivity contribution in [2.24, 2.45) is 5.10 Å². The number of halogens is 1. The number of carbonyl (C=O) groups excluding carboxylic acids is 1. The van der Waals surface area contributed by atoms with Gasteiger partial charge < -0.3 is 14.2 Å². The SMILES string of the molecule is COc1ccc(Cl)cc1/C=N/NC(=O)C1COc2ccccc2O1.